The lowest BCUT2D eigenvalue weighted by Crippen LogP contribution is -2.45. The topological polar surface area (TPSA) is 98.2 Å². The number of ether oxygens (including phenoxy) is 1. The molecule has 0 radical (unpaired) electrons. The zero-order valence-electron chi connectivity index (χ0n) is 18.9. The van der Waals surface area contributed by atoms with E-state index >= 15 is 0 Å². The number of hydrogen-bond donors (Lipinski definition) is 2. The van der Waals surface area contributed by atoms with Crippen molar-refractivity contribution in [3.63, 3.8) is 0 Å². The van der Waals surface area contributed by atoms with Gasteiger partial charge in [-0.15, -0.1) is 5.10 Å². The highest BCUT2D eigenvalue weighted by atomic mass is 35.5. The first-order valence-corrected chi connectivity index (χ1v) is 11.4. The van der Waals surface area contributed by atoms with E-state index in [9.17, 15) is 23.4 Å². The minimum absolute atomic E-state index is 0.00988. The third-order valence-corrected chi connectivity index (χ3v) is 6.54. The molecule has 2 aromatic heterocycles. The molecule has 188 valence electrons. The maximum atomic E-state index is 13.7. The lowest BCUT2D eigenvalue weighted by molar-refractivity contribution is -0.160. The van der Waals surface area contributed by atoms with Crippen molar-refractivity contribution in [3.8, 4) is 22.4 Å². The molecule has 0 aliphatic carbocycles. The number of benzene rings is 2. The summed E-state index contributed by atoms with van der Waals surface area (Å²) in [5.41, 5.74) is 2.37. The molecule has 0 spiro atoms. The summed E-state index contributed by atoms with van der Waals surface area (Å²) in [7, 11) is 1.76. The zero-order valence-corrected chi connectivity index (χ0v) is 19.6. The molecule has 1 aliphatic heterocycles. The lowest BCUT2D eigenvalue weighted by atomic mass is 9.91. The molecule has 4 unspecified atom stereocenters. The Balaban J connectivity index is 1.50. The minimum Gasteiger partial charge on any atom is -0.394 e. The highest BCUT2D eigenvalue weighted by Crippen LogP contribution is 2.41. The Morgan fingerprint density at radius 1 is 1.14 bits per heavy atom. The first-order valence-electron chi connectivity index (χ1n) is 11.1. The number of nitrogens with zero attached hydrogens (tertiary/aromatic N) is 5. The van der Waals surface area contributed by atoms with Crippen LogP contribution in [0.25, 0.3) is 22.4 Å². The van der Waals surface area contributed by atoms with Crippen molar-refractivity contribution in [1.82, 2.24) is 24.8 Å². The van der Waals surface area contributed by atoms with E-state index in [-0.39, 0.29) is 17.7 Å². The second-order valence-corrected chi connectivity index (χ2v) is 8.99. The number of halogens is 4. The average Bonchev–Trinajstić information content (AvgIpc) is 3.50. The number of hydrogen-bond acceptors (Lipinski definition) is 6. The van der Waals surface area contributed by atoms with Crippen LogP contribution >= 0.6 is 11.6 Å². The molecule has 4 atom stereocenters. The van der Waals surface area contributed by atoms with Crippen LogP contribution in [0.3, 0.4) is 0 Å². The smallest absolute Gasteiger partial charge is 0.194 e. The summed E-state index contributed by atoms with van der Waals surface area (Å²) < 4.78 is 49.9. The Morgan fingerprint density at radius 2 is 1.89 bits per heavy atom. The highest BCUT2D eigenvalue weighted by molar-refractivity contribution is 6.30. The minimum atomic E-state index is -1.58. The molecule has 1 fully saturated rings. The molecule has 1 aliphatic rings. The van der Waals surface area contributed by atoms with Crippen molar-refractivity contribution in [1.29, 1.82) is 0 Å². The largest absolute Gasteiger partial charge is 0.394 e. The van der Waals surface area contributed by atoms with Gasteiger partial charge in [-0.2, -0.15) is 5.10 Å². The summed E-state index contributed by atoms with van der Waals surface area (Å²) in [6.45, 7) is -0.464. The molecule has 5 rings (SSSR count). The SMILES string of the molecule is Cn1ncc(-c2cccc(Cl)c2)c1C1CC(n2cc(-c3cc(F)c(F)c(F)c3)nn2)C(O)C(CO)O1. The van der Waals surface area contributed by atoms with Crippen LogP contribution in [0.1, 0.15) is 24.3 Å². The molecule has 12 heteroatoms. The summed E-state index contributed by atoms with van der Waals surface area (Å²) in [5, 5.41) is 33.7. The second kappa shape index (κ2) is 9.66. The van der Waals surface area contributed by atoms with E-state index in [0.717, 1.165) is 23.3 Å². The van der Waals surface area contributed by atoms with Gasteiger partial charge < -0.3 is 14.9 Å². The number of aromatic nitrogens is 5. The Hall–Kier alpha value is -3.25. The van der Waals surface area contributed by atoms with Gasteiger partial charge in [0.05, 0.1) is 30.7 Å². The highest BCUT2D eigenvalue weighted by Gasteiger charge is 2.41. The standard InChI is InChI=1S/C24H21ClF3N5O3/c1-32-23(15(9-29-32)12-3-2-4-14(25)5-12)20-8-19(24(35)21(11-34)36-20)33-10-18(30-31-33)13-6-16(26)22(28)17(27)7-13/h2-7,9-10,19-21,24,34-35H,8,11H2,1H3. The maximum absolute atomic E-state index is 13.7. The van der Waals surface area contributed by atoms with Crippen LogP contribution in [-0.2, 0) is 11.8 Å². The van der Waals surface area contributed by atoms with E-state index in [1.165, 1.54) is 10.9 Å². The molecule has 0 amide bonds. The van der Waals surface area contributed by atoms with Crippen molar-refractivity contribution >= 4 is 11.6 Å². The molecule has 3 heterocycles. The van der Waals surface area contributed by atoms with Crippen LogP contribution in [0, 0.1) is 17.5 Å². The van der Waals surface area contributed by atoms with Gasteiger partial charge in [0.2, 0.25) is 0 Å². The molecular weight excluding hydrogens is 499 g/mol. The molecule has 2 aromatic carbocycles. The quantitative estimate of drug-likeness (QED) is 0.389. The summed E-state index contributed by atoms with van der Waals surface area (Å²) >= 11 is 6.18. The maximum Gasteiger partial charge on any atom is 0.194 e. The number of aliphatic hydroxyl groups excluding tert-OH is 2. The van der Waals surface area contributed by atoms with Crippen molar-refractivity contribution in [2.75, 3.05) is 6.61 Å². The van der Waals surface area contributed by atoms with Gasteiger partial charge in [0.15, 0.2) is 17.5 Å². The molecule has 2 N–H and O–H groups in total. The van der Waals surface area contributed by atoms with Gasteiger partial charge in [-0.1, -0.05) is 28.9 Å². The molecule has 36 heavy (non-hydrogen) atoms. The third-order valence-electron chi connectivity index (χ3n) is 6.30. The van der Waals surface area contributed by atoms with E-state index < -0.39 is 48.4 Å². The van der Waals surface area contributed by atoms with Crippen LogP contribution in [-0.4, -0.2) is 53.8 Å². The van der Waals surface area contributed by atoms with Crippen molar-refractivity contribution < 1.29 is 28.1 Å². The molecule has 8 nitrogen and oxygen atoms in total. The molecule has 0 saturated carbocycles. The van der Waals surface area contributed by atoms with E-state index in [4.69, 9.17) is 16.3 Å². The van der Waals surface area contributed by atoms with E-state index in [2.05, 4.69) is 15.4 Å². The average molecular weight is 520 g/mol. The van der Waals surface area contributed by atoms with Gasteiger partial charge in [-0.05, 0) is 29.8 Å². The predicted molar refractivity (Wildman–Crippen MR) is 123 cm³/mol. The number of aliphatic hydroxyl groups is 2. The zero-order chi connectivity index (χ0) is 25.6. The number of aryl methyl sites for hydroxylation is 1. The predicted octanol–water partition coefficient (Wildman–Crippen LogP) is 3.84. The van der Waals surface area contributed by atoms with Crippen LogP contribution in [0.2, 0.25) is 5.02 Å². The number of rotatable bonds is 5. The van der Waals surface area contributed by atoms with Gasteiger partial charge in [-0.25, -0.2) is 17.9 Å². The second-order valence-electron chi connectivity index (χ2n) is 8.55. The van der Waals surface area contributed by atoms with Crippen LogP contribution < -0.4 is 0 Å². The third kappa shape index (κ3) is 4.39. The van der Waals surface area contributed by atoms with Crippen molar-refractivity contribution in [2.45, 2.75) is 30.8 Å². The van der Waals surface area contributed by atoms with Crippen LogP contribution in [0.15, 0.2) is 48.8 Å². The van der Waals surface area contributed by atoms with Gasteiger partial charge in [0.25, 0.3) is 0 Å². The Morgan fingerprint density at radius 3 is 2.58 bits per heavy atom. The summed E-state index contributed by atoms with van der Waals surface area (Å²) in [5.74, 6) is -4.28. The normalized spacial score (nSPS) is 22.2. The van der Waals surface area contributed by atoms with E-state index in [0.29, 0.717) is 10.7 Å². The van der Waals surface area contributed by atoms with E-state index in [1.54, 1.807) is 30.1 Å². The molecular formula is C24H21ClF3N5O3. The van der Waals surface area contributed by atoms with Gasteiger partial charge in [-0.3, -0.25) is 4.68 Å². The van der Waals surface area contributed by atoms with Crippen molar-refractivity contribution in [2.24, 2.45) is 7.05 Å². The summed E-state index contributed by atoms with van der Waals surface area (Å²) in [4.78, 5) is 0. The first kappa shape index (κ1) is 24.4. The van der Waals surface area contributed by atoms with Crippen LogP contribution in [0.5, 0.6) is 0 Å². The van der Waals surface area contributed by atoms with Crippen LogP contribution in [0.4, 0.5) is 13.2 Å². The summed E-state index contributed by atoms with van der Waals surface area (Å²) in [6.07, 6.45) is 0.584. The lowest BCUT2D eigenvalue weighted by Gasteiger charge is -2.39. The van der Waals surface area contributed by atoms with Gasteiger partial charge in [0.1, 0.15) is 24.0 Å². The molecule has 0 bridgehead atoms. The van der Waals surface area contributed by atoms with Gasteiger partial charge in [0, 0.05) is 29.6 Å². The fourth-order valence-electron chi connectivity index (χ4n) is 4.53. The summed E-state index contributed by atoms with van der Waals surface area (Å²) in [6, 6.07) is 8.18. The van der Waals surface area contributed by atoms with Gasteiger partial charge >= 0.3 is 0 Å². The Kier molecular flexibility index (Phi) is 6.56. The first-order chi connectivity index (χ1) is 17.3. The Labute approximate surface area is 208 Å². The monoisotopic (exact) mass is 519 g/mol. The van der Waals surface area contributed by atoms with Crippen molar-refractivity contribution in [3.05, 3.63) is 77.0 Å². The fourth-order valence-corrected chi connectivity index (χ4v) is 4.72. The Bertz CT molecular complexity index is 1390. The molecule has 4 aromatic rings. The molecule has 1 saturated heterocycles. The van der Waals surface area contributed by atoms with E-state index in [1.807, 2.05) is 12.1 Å². The fraction of sp³-hybridized carbons (Fsp3) is 0.292.